The predicted molar refractivity (Wildman–Crippen MR) is 143 cm³/mol. The highest BCUT2D eigenvalue weighted by Crippen LogP contribution is 2.23. The highest BCUT2D eigenvalue weighted by molar-refractivity contribution is 6.37. The van der Waals surface area contributed by atoms with Crippen molar-refractivity contribution in [3.8, 4) is 17.3 Å². The molecule has 0 radical (unpaired) electrons. The van der Waals surface area contributed by atoms with E-state index in [1.807, 2.05) is 0 Å². The molecule has 3 aromatic rings. The van der Waals surface area contributed by atoms with Gasteiger partial charge in [-0.15, -0.1) is 0 Å². The number of ether oxygens (including phenoxy) is 1. The van der Waals surface area contributed by atoms with E-state index >= 15 is 0 Å². The van der Waals surface area contributed by atoms with Crippen LogP contribution in [-0.2, 0) is 9.59 Å². The summed E-state index contributed by atoms with van der Waals surface area (Å²) < 4.78 is 5.68. The van der Waals surface area contributed by atoms with Gasteiger partial charge in [-0.3, -0.25) is 24.7 Å². The van der Waals surface area contributed by atoms with Crippen molar-refractivity contribution in [3.05, 3.63) is 110 Å². The molecular formula is C27H20N4O10. The number of nitrogens with one attached hydrogen (secondary N) is 2. The van der Waals surface area contributed by atoms with Crippen molar-refractivity contribution in [3.63, 3.8) is 0 Å². The number of aromatic amines is 1. The summed E-state index contributed by atoms with van der Waals surface area (Å²) in [5, 5.41) is 30.5. The zero-order valence-electron chi connectivity index (χ0n) is 20.8. The number of anilines is 1. The van der Waals surface area contributed by atoms with E-state index in [1.165, 1.54) is 72.8 Å². The molecule has 1 saturated heterocycles. The highest BCUT2D eigenvalue weighted by atomic mass is 16.6. The van der Waals surface area contributed by atoms with E-state index in [1.54, 1.807) is 0 Å². The van der Waals surface area contributed by atoms with E-state index in [-0.39, 0.29) is 28.1 Å². The van der Waals surface area contributed by atoms with Crippen molar-refractivity contribution >= 4 is 35.6 Å². The number of aromatic hydroxyl groups is 1. The zero-order valence-corrected chi connectivity index (χ0v) is 20.8. The van der Waals surface area contributed by atoms with Gasteiger partial charge in [0.15, 0.2) is 6.79 Å². The van der Waals surface area contributed by atoms with Crippen LogP contribution < -0.4 is 26.2 Å². The number of aliphatic hydroxyl groups excluding tert-OH is 1. The molecule has 0 unspecified atom stereocenters. The molecule has 14 nitrogen and oxygen atoms in total. The molecule has 5 N–H and O–H groups in total. The van der Waals surface area contributed by atoms with Crippen LogP contribution in [0.1, 0.15) is 15.9 Å². The van der Waals surface area contributed by atoms with Crippen molar-refractivity contribution in [1.82, 2.24) is 14.9 Å². The molecule has 4 amide bonds. The van der Waals surface area contributed by atoms with Gasteiger partial charge in [-0.25, -0.2) is 23.9 Å². The Labute approximate surface area is 229 Å². The molecule has 208 valence electrons. The van der Waals surface area contributed by atoms with Gasteiger partial charge < -0.3 is 20.1 Å². The van der Waals surface area contributed by atoms with Gasteiger partial charge in [-0.2, -0.15) is 0 Å². The Morgan fingerprint density at radius 1 is 0.902 bits per heavy atom. The molecular weight excluding hydrogens is 540 g/mol. The van der Waals surface area contributed by atoms with Gasteiger partial charge in [0, 0.05) is 0 Å². The molecule has 0 saturated carbocycles. The summed E-state index contributed by atoms with van der Waals surface area (Å²) in [6.45, 7) is -0.564. The van der Waals surface area contributed by atoms with Crippen molar-refractivity contribution in [2.45, 2.75) is 0 Å². The summed E-state index contributed by atoms with van der Waals surface area (Å²) in [6, 6.07) is 9.65. The highest BCUT2D eigenvalue weighted by Gasteiger charge is 2.36. The van der Waals surface area contributed by atoms with Crippen molar-refractivity contribution in [2.24, 2.45) is 0 Å². The molecule has 41 heavy (non-hydrogen) atoms. The van der Waals surface area contributed by atoms with Gasteiger partial charge in [-0.1, -0.05) is 18.2 Å². The number of carbonyl (C=O) groups is 4. The van der Waals surface area contributed by atoms with Crippen LogP contribution in [0.25, 0.3) is 11.8 Å². The maximum Gasteiger partial charge on any atom is 0.335 e. The number of aromatic carboxylic acids is 1. The molecule has 0 aliphatic carbocycles. The number of carboxylic acids is 1. The molecule has 1 aromatic heterocycles. The van der Waals surface area contributed by atoms with Gasteiger partial charge in [0.2, 0.25) is 5.88 Å². The number of carboxylic acid groups (broad SMARTS) is 1. The van der Waals surface area contributed by atoms with Crippen LogP contribution in [0.3, 0.4) is 0 Å². The van der Waals surface area contributed by atoms with E-state index in [4.69, 9.17) is 14.9 Å². The smallest absolute Gasteiger partial charge is 0.335 e. The number of nitrogens with zero attached hydrogens (tertiary/aromatic N) is 2. The second-order valence-corrected chi connectivity index (χ2v) is 8.18. The number of benzene rings is 2. The average Bonchev–Trinajstić information content (AvgIpc) is 2.92. The molecule has 14 heteroatoms. The zero-order chi connectivity index (χ0) is 29.7. The fourth-order valence-electron chi connectivity index (χ4n) is 3.73. The molecule has 0 spiro atoms. The lowest BCUT2D eigenvalue weighted by Crippen LogP contribution is -2.54. The van der Waals surface area contributed by atoms with E-state index in [0.29, 0.717) is 5.75 Å². The van der Waals surface area contributed by atoms with Crippen LogP contribution in [0.5, 0.6) is 11.6 Å². The number of urea groups is 1. The number of imide groups is 2. The van der Waals surface area contributed by atoms with Gasteiger partial charge in [0.25, 0.3) is 17.4 Å². The van der Waals surface area contributed by atoms with E-state index in [2.05, 4.69) is 10.3 Å². The Kier molecular flexibility index (Phi) is 8.05. The Morgan fingerprint density at radius 3 is 2.20 bits per heavy atom. The summed E-state index contributed by atoms with van der Waals surface area (Å²) >= 11 is 0. The van der Waals surface area contributed by atoms with Gasteiger partial charge in [-0.05, 0) is 60.7 Å². The molecule has 2 aromatic carbocycles. The second kappa shape index (κ2) is 11.8. The fraction of sp³-hybridized carbons (Fsp3) is 0.0370. The molecule has 1 fully saturated rings. The number of aromatic nitrogens is 2. The maximum atomic E-state index is 12.9. The number of hydrogen-bond acceptors (Lipinski definition) is 9. The summed E-state index contributed by atoms with van der Waals surface area (Å²) in [4.78, 5) is 76.0. The minimum atomic E-state index is -1.19. The quantitative estimate of drug-likeness (QED) is 0.114. The number of amides is 4. The summed E-state index contributed by atoms with van der Waals surface area (Å²) in [5.41, 5.74) is -2.34. The first-order valence-electron chi connectivity index (χ1n) is 11.6. The van der Waals surface area contributed by atoms with Crippen molar-refractivity contribution in [1.29, 1.82) is 0 Å². The van der Waals surface area contributed by atoms with Crippen LogP contribution in [0.15, 0.2) is 88.0 Å². The topological polar surface area (TPSA) is 208 Å². The minimum Gasteiger partial charge on any atom is -0.494 e. The van der Waals surface area contributed by atoms with Gasteiger partial charge in [0.1, 0.15) is 16.9 Å². The molecule has 0 atom stereocenters. The number of allylic oxidation sites excluding steroid dienone is 4. The Balaban J connectivity index is 1.56. The summed E-state index contributed by atoms with van der Waals surface area (Å²) in [6.07, 6.45) is 6.20. The van der Waals surface area contributed by atoms with Crippen molar-refractivity contribution < 1.29 is 39.2 Å². The normalized spacial score (nSPS) is 14.7. The number of carbonyl (C=O) groups excluding carboxylic acids is 3. The third kappa shape index (κ3) is 5.86. The minimum absolute atomic E-state index is 0.0479. The first kappa shape index (κ1) is 28.0. The van der Waals surface area contributed by atoms with E-state index in [9.17, 15) is 33.9 Å². The predicted octanol–water partition coefficient (Wildman–Crippen LogP) is 1.04. The number of barbiturate groups is 1. The maximum absolute atomic E-state index is 12.9. The lowest BCUT2D eigenvalue weighted by atomic mass is 10.1. The molecule has 4 rings (SSSR count). The van der Waals surface area contributed by atoms with E-state index in [0.717, 1.165) is 15.5 Å². The third-order valence-corrected chi connectivity index (χ3v) is 5.67. The average molecular weight is 560 g/mol. The first-order chi connectivity index (χ1) is 19.6. The van der Waals surface area contributed by atoms with Crippen LogP contribution in [0.2, 0.25) is 0 Å². The third-order valence-electron chi connectivity index (χ3n) is 5.67. The number of hydrogen-bond donors (Lipinski definition) is 5. The number of aliphatic hydroxyl groups is 1. The standard InChI is InChI=1S/C27H20N4O10/c32-14-41-18-12-10-17(11-13-18)31-24(36)20(22(34)29-27(31)40)5-3-1-2-4-19-21(33)28-26(39)30(23(19)35)16-8-6-15(7-9-16)25(37)38/h1-13,32,35H,14H2,(H,37,38)(H,28,33,39)(H,29,34,40). The number of H-pyrrole nitrogens is 1. The Morgan fingerprint density at radius 2 is 1.56 bits per heavy atom. The largest absolute Gasteiger partial charge is 0.494 e. The lowest BCUT2D eigenvalue weighted by Gasteiger charge is -2.26. The van der Waals surface area contributed by atoms with E-state index < -0.39 is 47.7 Å². The SMILES string of the molecule is O=C1NC(=O)N(c2ccc(OCO)cc2)C(=O)C1=CC=CC=Cc1c(O)n(-c2ccc(C(=O)O)cc2)c(=O)[nH]c1=O. The molecule has 1 aliphatic rings. The Hall–Kier alpha value is -6.02. The van der Waals surface area contributed by atoms with Gasteiger partial charge >= 0.3 is 17.7 Å². The fourth-order valence-corrected chi connectivity index (χ4v) is 3.73. The Bertz CT molecular complexity index is 1750. The summed E-state index contributed by atoms with van der Waals surface area (Å²) in [5.74, 6) is -3.44. The monoisotopic (exact) mass is 560 g/mol. The van der Waals surface area contributed by atoms with Crippen molar-refractivity contribution in [2.75, 3.05) is 11.7 Å². The summed E-state index contributed by atoms with van der Waals surface area (Å²) in [7, 11) is 0. The van der Waals surface area contributed by atoms with Crippen LogP contribution in [-0.4, -0.2) is 55.5 Å². The molecule has 0 bridgehead atoms. The molecule has 1 aliphatic heterocycles. The van der Waals surface area contributed by atoms with Gasteiger partial charge in [0.05, 0.1) is 16.9 Å². The van der Waals surface area contributed by atoms with Crippen LogP contribution in [0.4, 0.5) is 10.5 Å². The molecule has 2 heterocycles. The van der Waals surface area contributed by atoms with Crippen LogP contribution >= 0.6 is 0 Å². The second-order valence-electron chi connectivity index (χ2n) is 8.18. The first-order valence-corrected chi connectivity index (χ1v) is 11.6. The van der Waals surface area contributed by atoms with Crippen LogP contribution in [0, 0.1) is 0 Å². The number of rotatable bonds is 8. The lowest BCUT2D eigenvalue weighted by molar-refractivity contribution is -0.122.